The maximum Gasteiger partial charge on any atom is 0.152 e. The standard InChI is InChI=1S/C22H17N2P/c23-22-20(15-16-24-22)19-13-7-8-14-21(19)25(17-9-3-1-4-10-17)18-11-5-2-6-12-18/h1-16,23H. The number of benzene rings is 3. The lowest BCUT2D eigenvalue weighted by atomic mass is 10.1. The van der Waals surface area contributed by atoms with Crippen LogP contribution in [0.2, 0.25) is 0 Å². The summed E-state index contributed by atoms with van der Waals surface area (Å²) in [4.78, 5) is 4.11. The van der Waals surface area contributed by atoms with Crippen LogP contribution in [-0.4, -0.2) is 12.1 Å². The zero-order chi connectivity index (χ0) is 17.1. The highest BCUT2D eigenvalue weighted by molar-refractivity contribution is 7.80. The average Bonchev–Trinajstić information content (AvgIpc) is 3.10. The van der Waals surface area contributed by atoms with Gasteiger partial charge in [-0.15, -0.1) is 0 Å². The average molecular weight is 340 g/mol. The molecule has 3 heteroatoms. The van der Waals surface area contributed by atoms with E-state index in [9.17, 15) is 0 Å². The van der Waals surface area contributed by atoms with Crippen LogP contribution in [0.4, 0.5) is 0 Å². The number of rotatable bonds is 4. The molecule has 0 saturated carbocycles. The molecule has 1 heterocycles. The Balaban J connectivity index is 1.91. The van der Waals surface area contributed by atoms with E-state index < -0.39 is 7.92 Å². The van der Waals surface area contributed by atoms with E-state index in [4.69, 9.17) is 5.41 Å². The predicted octanol–water partition coefficient (Wildman–Crippen LogP) is 3.89. The van der Waals surface area contributed by atoms with E-state index in [1.54, 1.807) is 6.21 Å². The predicted molar refractivity (Wildman–Crippen MR) is 109 cm³/mol. The number of aliphatic imine (C=N–C) groups is 1. The Morgan fingerprint density at radius 2 is 1.24 bits per heavy atom. The summed E-state index contributed by atoms with van der Waals surface area (Å²) in [5.41, 5.74) is 2.00. The van der Waals surface area contributed by atoms with E-state index in [1.165, 1.54) is 15.9 Å². The zero-order valence-electron chi connectivity index (χ0n) is 13.6. The van der Waals surface area contributed by atoms with Crippen molar-refractivity contribution in [3.8, 4) is 0 Å². The van der Waals surface area contributed by atoms with Crippen molar-refractivity contribution >= 4 is 41.5 Å². The lowest BCUT2D eigenvalue weighted by Crippen LogP contribution is -2.23. The van der Waals surface area contributed by atoms with E-state index >= 15 is 0 Å². The van der Waals surface area contributed by atoms with Gasteiger partial charge in [0.05, 0.1) is 0 Å². The molecule has 2 nitrogen and oxygen atoms in total. The van der Waals surface area contributed by atoms with Gasteiger partial charge in [0.15, 0.2) is 5.84 Å². The van der Waals surface area contributed by atoms with E-state index in [1.807, 2.05) is 12.1 Å². The highest BCUT2D eigenvalue weighted by Gasteiger charge is 2.22. The summed E-state index contributed by atoms with van der Waals surface area (Å²) >= 11 is 0. The van der Waals surface area contributed by atoms with Crippen molar-refractivity contribution < 1.29 is 0 Å². The maximum atomic E-state index is 8.13. The number of amidine groups is 1. The third-order valence-electron chi connectivity index (χ3n) is 4.16. The SMILES string of the molecule is N=C1N=CC=C1c1ccccc1P(c1ccccc1)c1ccccc1. The molecule has 120 valence electrons. The van der Waals surface area contributed by atoms with Crippen LogP contribution in [0.25, 0.3) is 5.57 Å². The van der Waals surface area contributed by atoms with E-state index in [0.717, 1.165) is 11.1 Å². The first-order valence-corrected chi connectivity index (χ1v) is 9.51. The van der Waals surface area contributed by atoms with Crippen molar-refractivity contribution in [2.45, 2.75) is 0 Å². The molecule has 1 aliphatic heterocycles. The van der Waals surface area contributed by atoms with E-state index in [-0.39, 0.29) is 0 Å². The minimum absolute atomic E-state index is 0.337. The molecular weight excluding hydrogens is 323 g/mol. The molecule has 4 rings (SSSR count). The molecular formula is C22H17N2P. The van der Waals surface area contributed by atoms with Crippen LogP contribution < -0.4 is 15.9 Å². The summed E-state index contributed by atoms with van der Waals surface area (Å²) in [6, 6.07) is 29.7. The van der Waals surface area contributed by atoms with Crippen molar-refractivity contribution in [2.24, 2.45) is 4.99 Å². The minimum Gasteiger partial charge on any atom is -0.282 e. The monoisotopic (exact) mass is 340 g/mol. The normalized spacial score (nSPS) is 13.3. The second kappa shape index (κ2) is 6.96. The van der Waals surface area contributed by atoms with Crippen molar-refractivity contribution in [2.75, 3.05) is 0 Å². The second-order valence-corrected chi connectivity index (χ2v) is 7.92. The fourth-order valence-electron chi connectivity index (χ4n) is 3.03. The molecule has 0 unspecified atom stereocenters. The number of hydrogen-bond acceptors (Lipinski definition) is 1. The van der Waals surface area contributed by atoms with Gasteiger partial charge in [0.2, 0.25) is 0 Å². The summed E-state index contributed by atoms with van der Waals surface area (Å²) in [5.74, 6) is 0.337. The Kier molecular flexibility index (Phi) is 4.37. The van der Waals surface area contributed by atoms with Crippen LogP contribution in [0.1, 0.15) is 5.56 Å². The molecule has 1 aliphatic rings. The van der Waals surface area contributed by atoms with Crippen LogP contribution in [0.3, 0.4) is 0 Å². The Bertz CT molecular complexity index is 920. The molecule has 25 heavy (non-hydrogen) atoms. The summed E-state index contributed by atoms with van der Waals surface area (Å²) in [5, 5.41) is 12.0. The highest BCUT2D eigenvalue weighted by atomic mass is 31.1. The van der Waals surface area contributed by atoms with Crippen molar-refractivity contribution in [3.63, 3.8) is 0 Å². The third kappa shape index (κ3) is 3.09. The fourth-order valence-corrected chi connectivity index (χ4v) is 5.50. The van der Waals surface area contributed by atoms with Crippen LogP contribution >= 0.6 is 7.92 Å². The molecule has 3 aromatic carbocycles. The lowest BCUT2D eigenvalue weighted by molar-refractivity contribution is 1.48. The van der Waals surface area contributed by atoms with Crippen LogP contribution in [0.15, 0.2) is 96.0 Å². The Labute approximate surface area is 148 Å². The van der Waals surface area contributed by atoms with Gasteiger partial charge in [0, 0.05) is 11.8 Å². The number of nitrogens with zero attached hydrogens (tertiary/aromatic N) is 1. The summed E-state index contributed by atoms with van der Waals surface area (Å²) in [6.07, 6.45) is 3.65. The van der Waals surface area contributed by atoms with Crippen LogP contribution in [0, 0.1) is 5.41 Å². The second-order valence-electron chi connectivity index (χ2n) is 5.73. The van der Waals surface area contributed by atoms with Gasteiger partial charge in [-0.1, -0.05) is 84.9 Å². The molecule has 0 saturated heterocycles. The Hall–Kier alpha value is -2.83. The molecule has 0 bridgehead atoms. The first kappa shape index (κ1) is 15.7. The Morgan fingerprint density at radius 3 is 1.80 bits per heavy atom. The van der Waals surface area contributed by atoms with Gasteiger partial charge in [-0.2, -0.15) is 0 Å². The first-order valence-electron chi connectivity index (χ1n) is 8.17. The molecule has 0 atom stereocenters. The summed E-state index contributed by atoms with van der Waals surface area (Å²) in [7, 11) is -0.695. The fraction of sp³-hybridized carbons (Fsp3) is 0. The molecule has 3 aromatic rings. The maximum absolute atomic E-state index is 8.13. The Morgan fingerprint density at radius 1 is 0.680 bits per heavy atom. The van der Waals surface area contributed by atoms with Gasteiger partial charge in [-0.25, -0.2) is 4.99 Å². The van der Waals surface area contributed by atoms with Crippen molar-refractivity contribution in [1.29, 1.82) is 5.41 Å². The molecule has 0 fully saturated rings. The highest BCUT2D eigenvalue weighted by Crippen LogP contribution is 2.36. The van der Waals surface area contributed by atoms with Crippen molar-refractivity contribution in [3.05, 3.63) is 96.6 Å². The molecule has 0 spiro atoms. The molecule has 0 radical (unpaired) electrons. The van der Waals surface area contributed by atoms with Crippen LogP contribution in [-0.2, 0) is 0 Å². The van der Waals surface area contributed by atoms with Crippen molar-refractivity contribution in [1.82, 2.24) is 0 Å². The van der Waals surface area contributed by atoms with Gasteiger partial charge >= 0.3 is 0 Å². The topological polar surface area (TPSA) is 36.2 Å². The number of nitrogens with one attached hydrogen (secondary N) is 1. The largest absolute Gasteiger partial charge is 0.282 e. The van der Waals surface area contributed by atoms with Gasteiger partial charge in [0.1, 0.15) is 0 Å². The zero-order valence-corrected chi connectivity index (χ0v) is 14.5. The van der Waals surface area contributed by atoms with E-state index in [0.29, 0.717) is 5.84 Å². The molecule has 1 N–H and O–H groups in total. The lowest BCUT2D eigenvalue weighted by Gasteiger charge is -2.22. The van der Waals surface area contributed by atoms with Gasteiger partial charge in [-0.05, 0) is 35.5 Å². The van der Waals surface area contributed by atoms with Gasteiger partial charge in [0.25, 0.3) is 0 Å². The number of hydrogen-bond donors (Lipinski definition) is 1. The quantitative estimate of drug-likeness (QED) is 0.700. The summed E-state index contributed by atoms with van der Waals surface area (Å²) < 4.78 is 0. The van der Waals surface area contributed by atoms with Gasteiger partial charge in [-0.3, -0.25) is 5.41 Å². The molecule has 0 aliphatic carbocycles. The third-order valence-corrected chi connectivity index (χ3v) is 6.66. The first-order chi connectivity index (χ1) is 12.3. The minimum atomic E-state index is -0.695. The van der Waals surface area contributed by atoms with Crippen LogP contribution in [0.5, 0.6) is 0 Å². The summed E-state index contributed by atoms with van der Waals surface area (Å²) in [6.45, 7) is 0. The van der Waals surface area contributed by atoms with Gasteiger partial charge < -0.3 is 0 Å². The molecule has 0 aromatic heterocycles. The molecule has 0 amide bonds. The van der Waals surface area contributed by atoms with E-state index in [2.05, 4.69) is 83.9 Å². The number of allylic oxidation sites excluding steroid dienone is 1. The smallest absolute Gasteiger partial charge is 0.152 e.